The molecule has 444 valence electrons. The molecule has 34 atom stereocenters. The lowest BCUT2D eigenvalue weighted by molar-refractivity contribution is -0.395. The van der Waals surface area contributed by atoms with Gasteiger partial charge in [-0.15, -0.1) is 0 Å². The van der Waals surface area contributed by atoms with Gasteiger partial charge < -0.3 is 169 Å². The molecule has 14 bridgehead atoms. The second-order valence-corrected chi connectivity index (χ2v) is 19.5. The molecule has 21 N–H and O–H groups in total. The molecular weight excluding hydrogens is 1050 g/mol. The van der Waals surface area contributed by atoms with Crippen LogP contribution in [0.5, 0.6) is 0 Å². The lowest BCUT2D eigenvalue weighted by Crippen LogP contribution is -2.68. The molecule has 21 fully saturated rings. The molecule has 0 aromatic heterocycles. The van der Waals surface area contributed by atoms with Crippen molar-refractivity contribution in [3.05, 3.63) is 0 Å². The highest BCUT2D eigenvalue weighted by Crippen LogP contribution is 2.38. The minimum Gasteiger partial charge on any atom is -0.412 e. The number of aliphatic hydroxyl groups is 19. The first kappa shape index (κ1) is 62.2. The molecule has 21 aliphatic heterocycles. The highest BCUT2D eigenvalue weighted by Gasteiger charge is 2.58. The molecule has 21 saturated heterocycles. The van der Waals surface area contributed by atoms with Crippen molar-refractivity contribution in [3.8, 4) is 0 Å². The summed E-state index contributed by atoms with van der Waals surface area (Å²) in [6.45, 7) is -4.45. The second kappa shape index (κ2) is 26.3. The molecule has 0 radical (unpaired) electrons. The van der Waals surface area contributed by atoms with Crippen LogP contribution < -0.4 is 0 Å². The van der Waals surface area contributed by atoms with Gasteiger partial charge in [0.2, 0.25) is 0 Å². The van der Waals surface area contributed by atoms with Crippen LogP contribution in [0.3, 0.4) is 0 Å². The molecule has 14 unspecified atom stereocenters. The van der Waals surface area contributed by atoms with Gasteiger partial charge in [0.25, 0.3) is 0 Å². The molecule has 0 aromatic carbocycles. The average Bonchev–Trinajstić information content (AvgIpc) is 3.39. The van der Waals surface area contributed by atoms with Gasteiger partial charge in [-0.3, -0.25) is 0 Å². The van der Waals surface area contributed by atoms with E-state index in [1.807, 2.05) is 0 Å². The molecule has 0 aliphatic carbocycles. The van der Waals surface area contributed by atoms with E-state index in [1.54, 1.807) is 0 Å². The molecule has 34 heteroatoms. The van der Waals surface area contributed by atoms with Gasteiger partial charge in [-0.2, -0.15) is 0 Å². The monoisotopic (exact) mass is 1120 g/mol. The van der Waals surface area contributed by atoms with Crippen LogP contribution in [0.4, 0.5) is 0 Å². The fourth-order valence-corrected chi connectivity index (χ4v) is 10.4. The van der Waals surface area contributed by atoms with Crippen LogP contribution in [-0.2, 0) is 66.3 Å². The van der Waals surface area contributed by atoms with Gasteiger partial charge in [-0.05, 0) is 6.92 Å². The topological polar surface area (TPSA) is 545 Å². The summed E-state index contributed by atoms with van der Waals surface area (Å²) in [5.41, 5.74) is 0. The van der Waals surface area contributed by atoms with E-state index in [0.717, 1.165) is 0 Å². The number of aliphatic hydroxyl groups excluding tert-OH is 19. The predicted octanol–water partition coefficient (Wildman–Crippen LogP) is -14.0. The molecule has 34 nitrogen and oxygen atoms in total. The maximum atomic E-state index is 11.3. The van der Waals surface area contributed by atoms with Gasteiger partial charge in [0.1, 0.15) is 153 Å². The zero-order chi connectivity index (χ0) is 54.5. The van der Waals surface area contributed by atoms with E-state index in [0.29, 0.717) is 0 Å². The molecule has 0 spiro atoms. The molecule has 0 amide bonds. The molecule has 0 aromatic rings. The summed E-state index contributed by atoms with van der Waals surface area (Å²) in [5, 5.41) is 208. The Kier molecular flexibility index (Phi) is 21.5. The maximum Gasteiger partial charge on any atom is 0.187 e. The van der Waals surface area contributed by atoms with E-state index in [4.69, 9.17) is 66.3 Å². The minimum atomic E-state index is -2.15. The van der Waals surface area contributed by atoms with E-state index in [-0.39, 0.29) is 5.48 Å². The first-order valence-corrected chi connectivity index (χ1v) is 24.4. The smallest absolute Gasteiger partial charge is 0.187 e. The lowest BCUT2D eigenvalue weighted by atomic mass is 9.95. The molecule has 21 heterocycles. The normalized spacial score (nSPS) is 54.8. The number of hydrogen-bond donors (Lipinski definition) is 19. The van der Waals surface area contributed by atoms with Crippen molar-refractivity contribution < 1.29 is 169 Å². The van der Waals surface area contributed by atoms with E-state index < -0.39 is 255 Å². The van der Waals surface area contributed by atoms with E-state index in [1.165, 1.54) is 6.92 Å². The Bertz CT molecular complexity index is 1770. The zero-order valence-electron chi connectivity index (χ0n) is 40.3. The number of ether oxygens (including phenoxy) is 14. The van der Waals surface area contributed by atoms with Crippen LogP contribution in [-0.4, -0.2) is 351 Å². The standard InChI is InChI=1S/C42H70O33.H2O/c1-9-30-18(50)24(56)37(62-9)72-32-15(6-46)68-41(28(60)22(32)54)75-35-17(8-48)69-42(29(61)23(35)55)73-33-14(5-45)65-38(25(57)19(33)51)63-11-2-10(49)36(64-12(11)3-43)71-31-13(4-44)67-40(27(59)20(31)52)74-34-16(7-47)66-39(70-30)26(58)21(34)53;/h9-61H,2-8H2,1H3;1H2/t9?,10?,11-,12?,13?,14?,15?,16?,17?,18+,19+,20+,21+,22+,23+,24?,25?,26?,27?,28?,29?,30+,31+,32+,33+,34+,35+,36+,37+,38-,39+,40+,41+,42+;/m0./s1. The Morgan fingerprint density at radius 2 is 0.487 bits per heavy atom. The Morgan fingerprint density at radius 3 is 0.776 bits per heavy atom. The second-order valence-electron chi connectivity index (χ2n) is 19.5. The first-order valence-electron chi connectivity index (χ1n) is 24.4. The summed E-state index contributed by atoms with van der Waals surface area (Å²) in [6.07, 6.45) is -63.5. The van der Waals surface area contributed by atoms with Crippen molar-refractivity contribution >= 4 is 0 Å². The molecule has 21 rings (SSSR count). The van der Waals surface area contributed by atoms with Crippen LogP contribution in [0.1, 0.15) is 13.3 Å². The van der Waals surface area contributed by atoms with Gasteiger partial charge in [0.05, 0.1) is 51.8 Å². The summed E-state index contributed by atoms with van der Waals surface area (Å²) >= 11 is 0. The van der Waals surface area contributed by atoms with E-state index in [2.05, 4.69) is 0 Å². The first-order chi connectivity index (χ1) is 35.7. The summed E-state index contributed by atoms with van der Waals surface area (Å²) < 4.78 is 80.4. The van der Waals surface area contributed by atoms with Crippen molar-refractivity contribution in [2.75, 3.05) is 39.6 Å². The summed E-state index contributed by atoms with van der Waals surface area (Å²) in [6, 6.07) is 0. The van der Waals surface area contributed by atoms with Crippen LogP contribution in [0, 0.1) is 0 Å². The largest absolute Gasteiger partial charge is 0.412 e. The summed E-state index contributed by atoms with van der Waals surface area (Å²) in [7, 11) is 0. The van der Waals surface area contributed by atoms with Crippen LogP contribution in [0.15, 0.2) is 0 Å². The molecular formula is C42H72O34. The third kappa shape index (κ3) is 12.2. The van der Waals surface area contributed by atoms with Gasteiger partial charge >= 0.3 is 0 Å². The number of hydrogen-bond acceptors (Lipinski definition) is 33. The SMILES string of the molecule is CC1O[C@@H]2O[C@@H]3C(CO)O[C@H](O[C@@H]4C(CO)O[C@H](O[C@@H]5C(CO)O[C@H](O[C@H]6CC(O)[C@H](OC6CO)O[C@@H]6C(CO)O[C@H](O[C@@H]7C(CO)O[C@H](O[C@H]1[C@H](O)C2O)C(O)[C@H]7O)C(O)[C@H]6O)C(O)[C@H]5O)C(O)[C@H]4O)C(O)[C@H]3O.O. The Morgan fingerprint density at radius 1 is 0.263 bits per heavy atom. The fraction of sp³-hybridized carbons (Fsp3) is 1.00. The van der Waals surface area contributed by atoms with Crippen molar-refractivity contribution in [1.29, 1.82) is 0 Å². The highest BCUT2D eigenvalue weighted by molar-refractivity contribution is 5.00. The predicted molar refractivity (Wildman–Crippen MR) is 229 cm³/mol. The van der Waals surface area contributed by atoms with Crippen molar-refractivity contribution in [2.24, 2.45) is 0 Å². The number of rotatable bonds is 6. The van der Waals surface area contributed by atoms with Crippen LogP contribution in [0.25, 0.3) is 0 Å². The van der Waals surface area contributed by atoms with E-state index in [9.17, 15) is 97.0 Å². The highest BCUT2D eigenvalue weighted by atomic mass is 16.8. The molecule has 76 heavy (non-hydrogen) atoms. The van der Waals surface area contributed by atoms with Crippen molar-refractivity contribution in [2.45, 2.75) is 222 Å². The van der Waals surface area contributed by atoms with Crippen molar-refractivity contribution in [1.82, 2.24) is 0 Å². The summed E-state index contributed by atoms with van der Waals surface area (Å²) in [4.78, 5) is 0. The van der Waals surface area contributed by atoms with Gasteiger partial charge in [0.15, 0.2) is 44.0 Å². The van der Waals surface area contributed by atoms with Gasteiger partial charge in [0, 0.05) is 6.42 Å². The van der Waals surface area contributed by atoms with E-state index >= 15 is 0 Å². The van der Waals surface area contributed by atoms with Crippen LogP contribution in [0.2, 0.25) is 0 Å². The minimum absolute atomic E-state index is 0. The van der Waals surface area contributed by atoms with Gasteiger partial charge in [-0.25, -0.2) is 0 Å². The third-order valence-corrected chi connectivity index (χ3v) is 14.6. The molecule has 0 saturated carbocycles. The molecule has 21 aliphatic rings. The Hall–Kier alpha value is -1.36. The average molecular weight is 1120 g/mol. The van der Waals surface area contributed by atoms with Gasteiger partial charge in [-0.1, -0.05) is 0 Å². The van der Waals surface area contributed by atoms with Crippen molar-refractivity contribution in [3.63, 3.8) is 0 Å². The lowest BCUT2D eigenvalue weighted by Gasteiger charge is -2.49. The maximum absolute atomic E-state index is 11.3. The Labute approximate surface area is 430 Å². The summed E-state index contributed by atoms with van der Waals surface area (Å²) in [5.74, 6) is 0. The Balaban J connectivity index is 0.00000840. The fourth-order valence-electron chi connectivity index (χ4n) is 10.4. The quantitative estimate of drug-likeness (QED) is 0.117. The third-order valence-electron chi connectivity index (χ3n) is 14.6. The zero-order valence-corrected chi connectivity index (χ0v) is 40.3. The van der Waals surface area contributed by atoms with Crippen LogP contribution >= 0.6 is 0 Å².